The highest BCUT2D eigenvalue weighted by molar-refractivity contribution is 6.03. The van der Waals surface area contributed by atoms with Gasteiger partial charge >= 0.3 is 6.09 Å². The Bertz CT molecular complexity index is 1010. The molecule has 2 aromatic rings. The molecule has 0 bridgehead atoms. The molecule has 8 heteroatoms. The first-order chi connectivity index (χ1) is 14.9. The Morgan fingerprint density at radius 2 is 1.97 bits per heavy atom. The van der Waals surface area contributed by atoms with Gasteiger partial charge in [-0.25, -0.2) is 4.79 Å². The zero-order valence-corrected chi connectivity index (χ0v) is 18.2. The maximum Gasteiger partial charge on any atom is 0.414 e. The molecular weight excluding hydrogens is 394 g/mol. The molecule has 8 nitrogen and oxygen atoms in total. The number of rotatable bonds is 3. The molecule has 1 saturated heterocycles. The third-order valence-electron chi connectivity index (χ3n) is 6.79. The molecule has 1 unspecified atom stereocenters. The van der Waals surface area contributed by atoms with Crippen LogP contribution in [0.2, 0.25) is 0 Å². The number of carbonyl (C=O) groups excluding carboxylic acids is 2. The van der Waals surface area contributed by atoms with Gasteiger partial charge in [0.25, 0.3) is 0 Å². The Hall–Kier alpha value is -2.87. The molecule has 164 valence electrons. The molecule has 3 atom stereocenters. The summed E-state index contributed by atoms with van der Waals surface area (Å²) in [6.45, 7) is 7.00. The van der Waals surface area contributed by atoms with E-state index in [1.54, 1.807) is 16.7 Å². The van der Waals surface area contributed by atoms with E-state index < -0.39 is 0 Å². The SMILES string of the molecule is CC(=O)N1c2ccc(-c3cnn(C4CN[C@H]4C)c3)cc2N(C(=O)OC2CCC2)C[C@@H]1C. The van der Waals surface area contributed by atoms with Crippen molar-refractivity contribution in [3.8, 4) is 11.1 Å². The van der Waals surface area contributed by atoms with Gasteiger partial charge in [0.15, 0.2) is 0 Å². The number of fused-ring (bicyclic) bond motifs is 1. The Morgan fingerprint density at radius 1 is 1.16 bits per heavy atom. The number of benzene rings is 1. The minimum Gasteiger partial charge on any atom is -0.446 e. The van der Waals surface area contributed by atoms with Crippen LogP contribution in [0.25, 0.3) is 11.1 Å². The predicted molar refractivity (Wildman–Crippen MR) is 118 cm³/mol. The fourth-order valence-corrected chi connectivity index (χ4v) is 4.60. The van der Waals surface area contributed by atoms with E-state index in [-0.39, 0.29) is 24.1 Å². The smallest absolute Gasteiger partial charge is 0.414 e. The standard InChI is InChI=1S/C23H29N5O3/c1-14-12-26(23(30)31-19-5-4-6-19)21-9-17(7-8-20(21)28(14)16(3)29)18-10-25-27(13-18)22-11-24-15(22)2/h7-10,13-15,19,22,24H,4-6,11-12H2,1-3H3/t14-,15-,22?/m0/s1. The average molecular weight is 424 g/mol. The normalized spacial score (nSPS) is 25.5. The number of amides is 2. The zero-order chi connectivity index (χ0) is 21.7. The topological polar surface area (TPSA) is 79.7 Å². The van der Waals surface area contributed by atoms with Gasteiger partial charge in [-0.05, 0) is 50.8 Å². The maximum atomic E-state index is 13.0. The summed E-state index contributed by atoms with van der Waals surface area (Å²) in [4.78, 5) is 28.8. The third-order valence-corrected chi connectivity index (χ3v) is 6.79. The molecule has 2 aliphatic heterocycles. The fraction of sp³-hybridized carbons (Fsp3) is 0.522. The van der Waals surface area contributed by atoms with Crippen LogP contribution in [-0.2, 0) is 9.53 Å². The van der Waals surface area contributed by atoms with Crippen LogP contribution in [0.3, 0.4) is 0 Å². The van der Waals surface area contributed by atoms with Gasteiger partial charge in [0.05, 0.1) is 29.7 Å². The van der Waals surface area contributed by atoms with Crippen molar-refractivity contribution in [1.29, 1.82) is 0 Å². The van der Waals surface area contributed by atoms with Crippen LogP contribution in [0.15, 0.2) is 30.6 Å². The molecule has 0 radical (unpaired) electrons. The molecular formula is C23H29N5O3. The second kappa shape index (κ2) is 7.67. The summed E-state index contributed by atoms with van der Waals surface area (Å²) in [5.74, 6) is -0.0344. The van der Waals surface area contributed by atoms with Crippen molar-refractivity contribution in [1.82, 2.24) is 15.1 Å². The molecule has 2 fully saturated rings. The predicted octanol–water partition coefficient (Wildman–Crippen LogP) is 3.33. The number of hydrogen-bond donors (Lipinski definition) is 1. The van der Waals surface area contributed by atoms with Gasteiger partial charge in [0.2, 0.25) is 5.91 Å². The van der Waals surface area contributed by atoms with Gasteiger partial charge in [0, 0.05) is 37.8 Å². The Kier molecular flexibility index (Phi) is 4.97. The number of ether oxygens (including phenoxy) is 1. The molecule has 31 heavy (non-hydrogen) atoms. The van der Waals surface area contributed by atoms with Gasteiger partial charge in [-0.15, -0.1) is 0 Å². The first kappa shape index (κ1) is 20.1. The maximum absolute atomic E-state index is 13.0. The Morgan fingerprint density at radius 3 is 2.58 bits per heavy atom. The summed E-state index contributed by atoms with van der Waals surface area (Å²) >= 11 is 0. The van der Waals surface area contributed by atoms with E-state index in [2.05, 4.69) is 23.5 Å². The van der Waals surface area contributed by atoms with E-state index in [1.807, 2.05) is 36.0 Å². The fourth-order valence-electron chi connectivity index (χ4n) is 4.60. The van der Waals surface area contributed by atoms with Crippen LogP contribution in [0.1, 0.15) is 46.1 Å². The number of aromatic nitrogens is 2. The summed E-state index contributed by atoms with van der Waals surface area (Å²) in [5.41, 5.74) is 3.40. The van der Waals surface area contributed by atoms with Crippen molar-refractivity contribution in [2.75, 3.05) is 22.9 Å². The zero-order valence-electron chi connectivity index (χ0n) is 18.2. The van der Waals surface area contributed by atoms with E-state index in [0.717, 1.165) is 42.6 Å². The van der Waals surface area contributed by atoms with Crippen molar-refractivity contribution in [3.63, 3.8) is 0 Å². The van der Waals surface area contributed by atoms with Crippen molar-refractivity contribution in [3.05, 3.63) is 30.6 Å². The minimum absolute atomic E-state index is 0.0107. The van der Waals surface area contributed by atoms with Crippen LogP contribution in [0.4, 0.5) is 16.2 Å². The summed E-state index contributed by atoms with van der Waals surface area (Å²) in [7, 11) is 0. The molecule has 1 saturated carbocycles. The number of nitrogens with one attached hydrogen (secondary N) is 1. The third kappa shape index (κ3) is 3.48. The minimum atomic E-state index is -0.330. The summed E-state index contributed by atoms with van der Waals surface area (Å²) in [6.07, 6.45) is 6.55. The van der Waals surface area contributed by atoms with Gasteiger partial charge in [-0.1, -0.05) is 6.07 Å². The van der Waals surface area contributed by atoms with Crippen LogP contribution in [0, 0.1) is 0 Å². The van der Waals surface area contributed by atoms with Crippen LogP contribution >= 0.6 is 0 Å². The molecule has 1 aromatic carbocycles. The summed E-state index contributed by atoms with van der Waals surface area (Å²) in [5, 5.41) is 7.90. The highest BCUT2D eigenvalue weighted by atomic mass is 16.6. The highest BCUT2D eigenvalue weighted by Crippen LogP contribution is 2.40. The van der Waals surface area contributed by atoms with E-state index >= 15 is 0 Å². The van der Waals surface area contributed by atoms with Gasteiger partial charge in [-0.3, -0.25) is 14.4 Å². The lowest BCUT2D eigenvalue weighted by molar-refractivity contribution is -0.117. The number of nitrogens with zero attached hydrogens (tertiary/aromatic N) is 4. The van der Waals surface area contributed by atoms with E-state index in [4.69, 9.17) is 4.74 Å². The first-order valence-electron chi connectivity index (χ1n) is 11.1. The van der Waals surface area contributed by atoms with Crippen molar-refractivity contribution in [2.24, 2.45) is 0 Å². The molecule has 3 aliphatic rings. The molecule has 1 N–H and O–H groups in total. The molecule has 3 heterocycles. The monoisotopic (exact) mass is 423 g/mol. The second-order valence-electron chi connectivity index (χ2n) is 8.96. The lowest BCUT2D eigenvalue weighted by Gasteiger charge is -2.41. The molecule has 2 amide bonds. The Balaban J connectivity index is 1.49. The largest absolute Gasteiger partial charge is 0.446 e. The summed E-state index contributed by atoms with van der Waals surface area (Å²) in [6, 6.07) is 6.53. The first-order valence-corrected chi connectivity index (χ1v) is 11.1. The molecule has 1 aromatic heterocycles. The lowest BCUT2D eigenvalue weighted by atomic mass is 9.96. The van der Waals surface area contributed by atoms with Gasteiger partial charge < -0.3 is 15.0 Å². The van der Waals surface area contributed by atoms with Crippen LogP contribution < -0.4 is 15.1 Å². The van der Waals surface area contributed by atoms with Crippen LogP contribution in [0.5, 0.6) is 0 Å². The average Bonchev–Trinajstić information content (AvgIpc) is 3.17. The number of carbonyl (C=O) groups is 2. The quantitative estimate of drug-likeness (QED) is 0.819. The van der Waals surface area contributed by atoms with E-state index in [1.165, 1.54) is 0 Å². The molecule has 1 aliphatic carbocycles. The number of hydrogen-bond acceptors (Lipinski definition) is 5. The molecule has 0 spiro atoms. The van der Waals surface area contributed by atoms with Crippen LogP contribution in [-0.4, -0.2) is 53.1 Å². The highest BCUT2D eigenvalue weighted by Gasteiger charge is 2.36. The van der Waals surface area contributed by atoms with Gasteiger partial charge in [0.1, 0.15) is 6.10 Å². The lowest BCUT2D eigenvalue weighted by Crippen LogP contribution is -2.52. The number of anilines is 2. The Labute approximate surface area is 182 Å². The van der Waals surface area contributed by atoms with Crippen molar-refractivity contribution < 1.29 is 14.3 Å². The van der Waals surface area contributed by atoms with E-state index in [0.29, 0.717) is 24.3 Å². The van der Waals surface area contributed by atoms with E-state index in [9.17, 15) is 9.59 Å². The van der Waals surface area contributed by atoms with Crippen molar-refractivity contribution in [2.45, 2.75) is 64.3 Å². The van der Waals surface area contributed by atoms with Gasteiger partial charge in [-0.2, -0.15) is 5.10 Å². The molecule has 5 rings (SSSR count). The van der Waals surface area contributed by atoms with Crippen molar-refractivity contribution >= 4 is 23.4 Å². The summed E-state index contributed by atoms with van der Waals surface area (Å²) < 4.78 is 7.70. The second-order valence-corrected chi connectivity index (χ2v) is 8.96.